The molecule has 1 saturated carbocycles. The van der Waals surface area contributed by atoms with Gasteiger partial charge in [-0.2, -0.15) is 0 Å². The summed E-state index contributed by atoms with van der Waals surface area (Å²) in [6.07, 6.45) is 5.66. The van der Waals surface area contributed by atoms with Gasteiger partial charge in [0.15, 0.2) is 0 Å². The smallest absolute Gasteiger partial charge is 0.0956 e. The van der Waals surface area contributed by atoms with Crippen LogP contribution in [0.3, 0.4) is 0 Å². The molecule has 2 bridgehead atoms. The monoisotopic (exact) mass is 207 g/mol. The molecule has 0 N–H and O–H groups in total. The van der Waals surface area contributed by atoms with E-state index >= 15 is 0 Å². The van der Waals surface area contributed by atoms with Gasteiger partial charge in [-0.1, -0.05) is 13.8 Å². The van der Waals surface area contributed by atoms with Crippen molar-refractivity contribution < 1.29 is 0 Å². The van der Waals surface area contributed by atoms with Crippen molar-refractivity contribution in [1.82, 2.24) is 4.98 Å². The van der Waals surface area contributed by atoms with Crippen LogP contribution in [-0.2, 0) is 0 Å². The number of nitrogens with zero attached hydrogens (tertiary/aromatic N) is 1. The van der Waals surface area contributed by atoms with E-state index < -0.39 is 0 Å². The zero-order valence-electron chi connectivity index (χ0n) is 8.92. The van der Waals surface area contributed by atoms with Crippen LogP contribution in [-0.4, -0.2) is 4.98 Å². The van der Waals surface area contributed by atoms with Crippen molar-refractivity contribution >= 4 is 11.3 Å². The molecule has 14 heavy (non-hydrogen) atoms. The molecule has 0 amide bonds. The van der Waals surface area contributed by atoms with Crippen molar-refractivity contribution in [3.8, 4) is 0 Å². The van der Waals surface area contributed by atoms with Gasteiger partial charge in [0, 0.05) is 16.7 Å². The van der Waals surface area contributed by atoms with Gasteiger partial charge in [-0.15, -0.1) is 11.3 Å². The Hall–Kier alpha value is -0.370. The Balaban J connectivity index is 2.07. The van der Waals surface area contributed by atoms with Gasteiger partial charge in [0.05, 0.1) is 10.7 Å². The van der Waals surface area contributed by atoms with Crippen LogP contribution in [0.15, 0.2) is 0 Å². The second kappa shape index (κ2) is 3.06. The van der Waals surface area contributed by atoms with E-state index in [1.807, 2.05) is 11.3 Å². The van der Waals surface area contributed by atoms with E-state index in [1.165, 1.54) is 36.4 Å². The van der Waals surface area contributed by atoms with Gasteiger partial charge in [-0.3, -0.25) is 0 Å². The van der Waals surface area contributed by atoms with Crippen LogP contribution in [0.25, 0.3) is 0 Å². The average Bonchev–Trinajstić information content (AvgIpc) is 2.65. The summed E-state index contributed by atoms with van der Waals surface area (Å²) in [5.74, 6) is 2.31. The molecule has 0 spiro atoms. The summed E-state index contributed by atoms with van der Waals surface area (Å²) in [5.41, 5.74) is 1.49. The van der Waals surface area contributed by atoms with E-state index in [-0.39, 0.29) is 0 Å². The Bertz CT molecular complexity index is 316. The maximum absolute atomic E-state index is 4.85. The third kappa shape index (κ3) is 1.16. The van der Waals surface area contributed by atoms with Gasteiger partial charge >= 0.3 is 0 Å². The molecule has 0 saturated heterocycles. The molecule has 1 nitrogen and oxygen atoms in total. The highest BCUT2D eigenvalue weighted by atomic mass is 32.1. The minimum absolute atomic E-state index is 0.616. The van der Waals surface area contributed by atoms with E-state index in [0.29, 0.717) is 5.92 Å². The Morgan fingerprint density at radius 3 is 2.36 bits per heavy atom. The Kier molecular flexibility index (Phi) is 1.94. The van der Waals surface area contributed by atoms with Crippen molar-refractivity contribution in [2.24, 2.45) is 0 Å². The van der Waals surface area contributed by atoms with Crippen LogP contribution in [0.1, 0.15) is 72.9 Å². The van der Waals surface area contributed by atoms with Crippen LogP contribution in [0.5, 0.6) is 0 Å². The van der Waals surface area contributed by atoms with Gasteiger partial charge in [0.25, 0.3) is 0 Å². The second-order valence-corrected chi connectivity index (χ2v) is 6.07. The van der Waals surface area contributed by atoms with Gasteiger partial charge in [-0.25, -0.2) is 4.98 Å². The molecule has 0 atom stereocenters. The van der Waals surface area contributed by atoms with Crippen molar-refractivity contribution in [3.63, 3.8) is 0 Å². The minimum Gasteiger partial charge on any atom is -0.245 e. The van der Waals surface area contributed by atoms with Crippen molar-refractivity contribution in [3.05, 3.63) is 15.6 Å². The summed E-state index contributed by atoms with van der Waals surface area (Å²) in [6, 6.07) is 0. The van der Waals surface area contributed by atoms with Crippen LogP contribution < -0.4 is 0 Å². The predicted octanol–water partition coefficient (Wildman–Crippen LogP) is 4.02. The van der Waals surface area contributed by atoms with Gasteiger partial charge in [0.1, 0.15) is 0 Å². The Labute approximate surface area is 89.6 Å². The topological polar surface area (TPSA) is 12.9 Å². The van der Waals surface area contributed by atoms with Gasteiger partial charge in [-0.05, 0) is 31.6 Å². The third-order valence-corrected chi connectivity index (χ3v) is 5.21. The molecule has 0 radical (unpaired) electrons. The summed E-state index contributed by atoms with van der Waals surface area (Å²) >= 11 is 2.00. The number of hydrogen-bond donors (Lipinski definition) is 0. The quantitative estimate of drug-likeness (QED) is 0.677. The van der Waals surface area contributed by atoms with E-state index in [0.717, 1.165) is 11.8 Å². The van der Waals surface area contributed by atoms with Crippen LogP contribution in [0.4, 0.5) is 0 Å². The first-order valence-electron chi connectivity index (χ1n) is 5.76. The first kappa shape index (κ1) is 8.90. The molecule has 0 aliphatic heterocycles. The van der Waals surface area contributed by atoms with E-state index in [2.05, 4.69) is 13.8 Å². The highest BCUT2D eigenvalue weighted by Gasteiger charge is 2.36. The molecular weight excluding hydrogens is 190 g/mol. The molecule has 3 aliphatic carbocycles. The largest absolute Gasteiger partial charge is 0.245 e. The zero-order chi connectivity index (χ0) is 9.71. The fourth-order valence-corrected chi connectivity index (χ4v) is 4.15. The Morgan fingerprint density at radius 2 is 1.79 bits per heavy atom. The fourth-order valence-electron chi connectivity index (χ4n) is 2.82. The lowest BCUT2D eigenvalue weighted by molar-refractivity contribution is 0.358. The lowest BCUT2D eigenvalue weighted by Gasteiger charge is -2.34. The summed E-state index contributed by atoms with van der Waals surface area (Å²) in [5, 5.41) is 1.37. The number of rotatable bonds is 1. The highest BCUT2D eigenvalue weighted by molar-refractivity contribution is 7.12. The third-order valence-electron chi connectivity index (χ3n) is 3.68. The normalized spacial score (nSPS) is 29.6. The fraction of sp³-hybridized carbons (Fsp3) is 0.750. The predicted molar refractivity (Wildman–Crippen MR) is 60.2 cm³/mol. The number of thiazole rings is 1. The average molecular weight is 207 g/mol. The Morgan fingerprint density at radius 1 is 1.14 bits per heavy atom. The van der Waals surface area contributed by atoms with Crippen molar-refractivity contribution in [1.29, 1.82) is 0 Å². The molecule has 3 aliphatic rings. The van der Waals surface area contributed by atoms with E-state index in [9.17, 15) is 0 Å². The first-order valence-corrected chi connectivity index (χ1v) is 6.58. The number of aromatic nitrogens is 1. The molecule has 4 rings (SSSR count). The summed E-state index contributed by atoms with van der Waals surface area (Å²) in [4.78, 5) is 6.50. The molecule has 0 aromatic carbocycles. The van der Waals surface area contributed by atoms with Gasteiger partial charge < -0.3 is 0 Å². The zero-order valence-corrected chi connectivity index (χ0v) is 9.73. The van der Waals surface area contributed by atoms with Crippen molar-refractivity contribution in [2.75, 3.05) is 0 Å². The second-order valence-electron chi connectivity index (χ2n) is 5.00. The maximum Gasteiger partial charge on any atom is 0.0956 e. The summed E-state index contributed by atoms with van der Waals surface area (Å²) < 4.78 is 0. The standard InChI is InChI=1S/C12H17NS/c1-7(2)12-13-10-8-3-5-9(6-4-8)11(10)14-12/h7-9H,3-6H2,1-2H3. The summed E-state index contributed by atoms with van der Waals surface area (Å²) in [6.45, 7) is 4.51. The highest BCUT2D eigenvalue weighted by Crippen LogP contribution is 2.51. The molecule has 76 valence electrons. The molecule has 1 aromatic rings. The summed E-state index contributed by atoms with van der Waals surface area (Å²) in [7, 11) is 0. The van der Waals surface area contributed by atoms with Crippen LogP contribution in [0.2, 0.25) is 0 Å². The van der Waals surface area contributed by atoms with E-state index in [4.69, 9.17) is 4.98 Å². The SMILES string of the molecule is CC(C)c1nc2c(s1)C1CCC2CC1. The maximum atomic E-state index is 4.85. The number of fused-ring (bicyclic) bond motifs is 2. The van der Waals surface area contributed by atoms with E-state index in [1.54, 1.807) is 4.88 Å². The van der Waals surface area contributed by atoms with Crippen LogP contribution >= 0.6 is 11.3 Å². The minimum atomic E-state index is 0.616. The number of hydrogen-bond acceptors (Lipinski definition) is 2. The first-order chi connectivity index (χ1) is 6.75. The lowest BCUT2D eigenvalue weighted by Crippen LogP contribution is -2.20. The van der Waals surface area contributed by atoms with Crippen LogP contribution in [0, 0.1) is 0 Å². The molecule has 0 unspecified atom stereocenters. The molecule has 1 heterocycles. The molecule has 1 aromatic heterocycles. The molecular formula is C12H17NS. The molecule has 1 fully saturated rings. The molecule has 2 heteroatoms. The lowest BCUT2D eigenvalue weighted by atomic mass is 9.73. The van der Waals surface area contributed by atoms with Crippen molar-refractivity contribution in [2.45, 2.75) is 57.3 Å². The van der Waals surface area contributed by atoms with Gasteiger partial charge in [0.2, 0.25) is 0 Å².